The van der Waals surface area contributed by atoms with Crippen LogP contribution in [0.25, 0.3) is 11.1 Å². The quantitative estimate of drug-likeness (QED) is 0.640. The number of nitrogens with zero attached hydrogens (tertiary/aromatic N) is 1. The van der Waals surface area contributed by atoms with Crippen molar-refractivity contribution >= 4 is 28.7 Å². The molecular formula is C19H18N2O6. The number of oxazole rings is 1. The van der Waals surface area contributed by atoms with Gasteiger partial charge in [0.05, 0.1) is 19.0 Å². The van der Waals surface area contributed by atoms with Gasteiger partial charge in [0.2, 0.25) is 0 Å². The molecule has 0 radical (unpaired) electrons. The van der Waals surface area contributed by atoms with Crippen LogP contribution >= 0.6 is 0 Å². The molecule has 0 aliphatic carbocycles. The predicted molar refractivity (Wildman–Crippen MR) is 97.7 cm³/mol. The Balaban J connectivity index is 1.48. The molecule has 0 aliphatic rings. The summed E-state index contributed by atoms with van der Waals surface area (Å²) in [5.41, 5.74) is 1.62. The average molecular weight is 370 g/mol. The number of amides is 1. The van der Waals surface area contributed by atoms with E-state index in [0.717, 1.165) is 0 Å². The third-order valence-electron chi connectivity index (χ3n) is 3.85. The number of esters is 1. The predicted octanol–water partition coefficient (Wildman–Crippen LogP) is 2.18. The molecule has 0 fully saturated rings. The molecule has 3 rings (SSSR count). The maximum Gasteiger partial charge on any atom is 0.419 e. The number of nitrogens with one attached hydrogen (secondary N) is 1. The van der Waals surface area contributed by atoms with Gasteiger partial charge in [0, 0.05) is 12.2 Å². The first-order valence-electron chi connectivity index (χ1n) is 8.25. The summed E-state index contributed by atoms with van der Waals surface area (Å²) in [6.45, 7) is -0.305. The van der Waals surface area contributed by atoms with Crippen molar-refractivity contribution in [3.8, 4) is 5.75 Å². The van der Waals surface area contributed by atoms with Crippen LogP contribution in [0, 0.1) is 0 Å². The van der Waals surface area contributed by atoms with Crippen molar-refractivity contribution in [2.24, 2.45) is 0 Å². The number of anilines is 1. The highest BCUT2D eigenvalue weighted by molar-refractivity contribution is 5.92. The molecule has 1 amide bonds. The van der Waals surface area contributed by atoms with E-state index in [9.17, 15) is 14.4 Å². The largest absolute Gasteiger partial charge is 0.497 e. The van der Waals surface area contributed by atoms with Crippen molar-refractivity contribution in [1.82, 2.24) is 4.57 Å². The third-order valence-corrected chi connectivity index (χ3v) is 3.85. The Kier molecular flexibility index (Phi) is 5.55. The monoisotopic (exact) mass is 370 g/mol. The Morgan fingerprint density at radius 1 is 1.11 bits per heavy atom. The molecule has 0 saturated heterocycles. The number of fused-ring (bicyclic) bond motifs is 1. The maximum absolute atomic E-state index is 11.9. The second-order valence-corrected chi connectivity index (χ2v) is 5.67. The molecule has 1 heterocycles. The number of ether oxygens (including phenoxy) is 2. The van der Waals surface area contributed by atoms with Crippen LogP contribution in [0.1, 0.15) is 6.42 Å². The van der Waals surface area contributed by atoms with Gasteiger partial charge in [-0.3, -0.25) is 14.2 Å². The average Bonchev–Trinajstić information content (AvgIpc) is 3.00. The number of methoxy groups -OCH3 is 1. The van der Waals surface area contributed by atoms with Gasteiger partial charge in [0.15, 0.2) is 12.2 Å². The summed E-state index contributed by atoms with van der Waals surface area (Å²) in [6, 6.07) is 13.7. The highest BCUT2D eigenvalue weighted by Gasteiger charge is 2.12. The summed E-state index contributed by atoms with van der Waals surface area (Å²) in [5.74, 6) is -0.917. The summed E-state index contributed by atoms with van der Waals surface area (Å²) >= 11 is 0. The normalized spacial score (nSPS) is 10.6. The van der Waals surface area contributed by atoms with E-state index < -0.39 is 24.2 Å². The second-order valence-electron chi connectivity index (χ2n) is 5.67. The van der Waals surface area contributed by atoms with Crippen LogP contribution in [-0.2, 0) is 20.9 Å². The molecule has 1 N–H and O–H groups in total. The van der Waals surface area contributed by atoms with E-state index in [1.54, 1.807) is 55.6 Å². The van der Waals surface area contributed by atoms with E-state index >= 15 is 0 Å². The lowest BCUT2D eigenvalue weighted by atomic mass is 10.3. The zero-order valence-corrected chi connectivity index (χ0v) is 14.6. The SMILES string of the molecule is COc1ccc(NC(=O)COC(=O)CCn2c(=O)oc3ccccc32)cc1. The molecule has 140 valence electrons. The van der Waals surface area contributed by atoms with Crippen molar-refractivity contribution in [3.05, 3.63) is 59.1 Å². The van der Waals surface area contributed by atoms with Crippen molar-refractivity contribution in [1.29, 1.82) is 0 Å². The molecule has 3 aromatic rings. The number of carbonyl (C=O) groups excluding carboxylic acids is 2. The van der Waals surface area contributed by atoms with Crippen LogP contribution in [0.4, 0.5) is 5.69 Å². The van der Waals surface area contributed by atoms with Crippen molar-refractivity contribution < 1.29 is 23.5 Å². The molecule has 8 nitrogen and oxygen atoms in total. The Hall–Kier alpha value is -3.55. The minimum absolute atomic E-state index is 0.0563. The van der Waals surface area contributed by atoms with E-state index in [0.29, 0.717) is 22.5 Å². The number of aryl methyl sites for hydroxylation is 1. The standard InChI is InChI=1S/C19H18N2O6/c1-25-14-8-6-13(7-9-14)20-17(22)12-26-18(23)10-11-21-15-4-2-3-5-16(15)27-19(21)24/h2-9H,10-12H2,1H3,(H,20,22). The number of hydrogen-bond acceptors (Lipinski definition) is 6. The topological polar surface area (TPSA) is 99.8 Å². The molecule has 0 saturated carbocycles. The molecule has 2 aromatic carbocycles. The van der Waals surface area contributed by atoms with Gasteiger partial charge < -0.3 is 19.2 Å². The highest BCUT2D eigenvalue weighted by atomic mass is 16.5. The van der Waals surface area contributed by atoms with E-state index in [-0.39, 0.29) is 13.0 Å². The molecule has 0 unspecified atom stereocenters. The smallest absolute Gasteiger partial charge is 0.419 e. The number of para-hydroxylation sites is 2. The first kappa shape index (κ1) is 18.2. The molecule has 27 heavy (non-hydrogen) atoms. The van der Waals surface area contributed by atoms with E-state index in [4.69, 9.17) is 13.9 Å². The molecule has 0 bridgehead atoms. The van der Waals surface area contributed by atoms with Crippen molar-refractivity contribution in [2.75, 3.05) is 19.0 Å². The Labute approximate surface area is 154 Å². The van der Waals surface area contributed by atoms with Crippen LogP contribution < -0.4 is 15.8 Å². The summed E-state index contributed by atoms with van der Waals surface area (Å²) < 4.78 is 16.4. The lowest BCUT2D eigenvalue weighted by Gasteiger charge is -2.07. The van der Waals surface area contributed by atoms with Gasteiger partial charge in [-0.05, 0) is 36.4 Å². The Morgan fingerprint density at radius 2 is 1.85 bits per heavy atom. The lowest BCUT2D eigenvalue weighted by Crippen LogP contribution is -2.22. The molecule has 0 spiro atoms. The Morgan fingerprint density at radius 3 is 2.59 bits per heavy atom. The van der Waals surface area contributed by atoms with Gasteiger partial charge in [-0.1, -0.05) is 12.1 Å². The number of aromatic nitrogens is 1. The first-order valence-corrected chi connectivity index (χ1v) is 8.25. The van der Waals surface area contributed by atoms with E-state index in [2.05, 4.69) is 5.32 Å². The van der Waals surface area contributed by atoms with E-state index in [1.165, 1.54) is 4.57 Å². The number of rotatable bonds is 7. The fourth-order valence-corrected chi connectivity index (χ4v) is 2.52. The second kappa shape index (κ2) is 8.22. The van der Waals surface area contributed by atoms with Crippen molar-refractivity contribution in [2.45, 2.75) is 13.0 Å². The van der Waals surface area contributed by atoms with Gasteiger partial charge in [-0.2, -0.15) is 0 Å². The number of benzene rings is 2. The van der Waals surface area contributed by atoms with Crippen LogP contribution in [-0.4, -0.2) is 30.2 Å². The molecule has 1 aromatic heterocycles. The number of hydrogen-bond donors (Lipinski definition) is 1. The molecule has 0 atom stereocenters. The summed E-state index contributed by atoms with van der Waals surface area (Å²) in [5, 5.41) is 2.61. The molecular weight excluding hydrogens is 352 g/mol. The van der Waals surface area contributed by atoms with Gasteiger partial charge in [0.1, 0.15) is 5.75 Å². The lowest BCUT2D eigenvalue weighted by molar-refractivity contribution is -0.147. The van der Waals surface area contributed by atoms with Gasteiger partial charge >= 0.3 is 11.7 Å². The van der Waals surface area contributed by atoms with Gasteiger partial charge in [0.25, 0.3) is 5.91 Å². The highest BCUT2D eigenvalue weighted by Crippen LogP contribution is 2.15. The van der Waals surface area contributed by atoms with Crippen LogP contribution in [0.2, 0.25) is 0 Å². The fraction of sp³-hybridized carbons (Fsp3) is 0.211. The zero-order chi connectivity index (χ0) is 19.2. The third kappa shape index (κ3) is 4.55. The molecule has 8 heteroatoms. The van der Waals surface area contributed by atoms with Crippen LogP contribution in [0.5, 0.6) is 5.75 Å². The van der Waals surface area contributed by atoms with Gasteiger partial charge in [-0.15, -0.1) is 0 Å². The molecule has 0 aliphatic heterocycles. The van der Waals surface area contributed by atoms with Crippen LogP contribution in [0.15, 0.2) is 57.7 Å². The van der Waals surface area contributed by atoms with Crippen LogP contribution in [0.3, 0.4) is 0 Å². The fourth-order valence-electron chi connectivity index (χ4n) is 2.52. The van der Waals surface area contributed by atoms with E-state index in [1.807, 2.05) is 0 Å². The summed E-state index contributed by atoms with van der Waals surface area (Å²) in [6.07, 6.45) is -0.0563. The summed E-state index contributed by atoms with van der Waals surface area (Å²) in [4.78, 5) is 35.5. The zero-order valence-electron chi connectivity index (χ0n) is 14.6. The maximum atomic E-state index is 11.9. The summed E-state index contributed by atoms with van der Waals surface area (Å²) in [7, 11) is 1.55. The van der Waals surface area contributed by atoms with Crippen molar-refractivity contribution in [3.63, 3.8) is 0 Å². The van der Waals surface area contributed by atoms with Gasteiger partial charge in [-0.25, -0.2) is 4.79 Å². The Bertz CT molecular complexity index is 1000. The number of carbonyl (C=O) groups is 2. The minimum Gasteiger partial charge on any atom is -0.497 e. The first-order chi connectivity index (χ1) is 13.1. The minimum atomic E-state index is -0.586.